The summed E-state index contributed by atoms with van der Waals surface area (Å²) >= 11 is 4.66. The Kier molecular flexibility index (Phi) is 13.9. The highest BCUT2D eigenvalue weighted by atomic mass is 32.1. The molecule has 3 heteroatoms. The maximum Gasteiger partial charge on any atom is 0.0629 e. The van der Waals surface area contributed by atoms with E-state index in [-0.39, 0.29) is 137 Å². The number of thiophene rings is 3. The summed E-state index contributed by atoms with van der Waals surface area (Å²) in [5, 5.41) is 16.7. The molecule has 0 radical (unpaired) electrons. The molecular weight excluding hydrogens is 1660 g/mol. The average Bonchev–Trinajstić information content (AvgIpc) is 1.58. The average molecular weight is 1760 g/mol. The van der Waals surface area contributed by atoms with Crippen LogP contribution in [0.4, 0.5) is 0 Å². The summed E-state index contributed by atoms with van der Waals surface area (Å²) in [6, 6.07) is 103. The Morgan fingerprint density at radius 3 is 0.812 bits per heavy atom. The second-order valence-electron chi connectivity index (χ2n) is 33.0. The predicted octanol–water partition coefficient (Wildman–Crippen LogP) is 38.7. The van der Waals surface area contributed by atoms with Crippen molar-refractivity contribution in [1.82, 2.24) is 0 Å². The fraction of sp³-hybridized carbons (Fsp3) is 0. The second-order valence-corrected chi connectivity index (χ2v) is 36.2. The first-order valence-corrected chi connectivity index (χ1v) is 46.2. The van der Waals surface area contributed by atoms with E-state index in [4.69, 9.17) is 16.4 Å². The van der Waals surface area contributed by atoms with Crippen LogP contribution in [0.25, 0.3) is 268 Å². The van der Waals surface area contributed by atoms with Gasteiger partial charge >= 0.3 is 0 Å². The molecule has 0 saturated carbocycles. The molecule has 0 fully saturated rings. The van der Waals surface area contributed by atoms with Crippen LogP contribution < -0.4 is 0 Å². The van der Waals surface area contributed by atoms with E-state index in [1.54, 1.807) is 34.0 Å². The van der Waals surface area contributed by atoms with E-state index in [0.717, 1.165) is 137 Å². The van der Waals surface area contributed by atoms with Gasteiger partial charge in [-0.3, -0.25) is 0 Å². The molecule has 0 aliphatic rings. The molecule has 25 aromatic carbocycles. The van der Waals surface area contributed by atoms with Gasteiger partial charge in [0.15, 0.2) is 0 Å². The van der Waals surface area contributed by atoms with Crippen LogP contribution in [0.1, 0.15) is 32.9 Å². The summed E-state index contributed by atoms with van der Waals surface area (Å²) in [7, 11) is 0. The lowest BCUT2D eigenvalue weighted by Gasteiger charge is -2.20. The van der Waals surface area contributed by atoms with Crippen molar-refractivity contribution in [3.05, 3.63) is 485 Å². The molecule has 28 rings (SSSR count). The molecule has 28 aromatic rings. The first-order chi connectivity index (χ1) is 76.0. The Hall–Kier alpha value is -16.2. The lowest BCUT2D eigenvalue weighted by molar-refractivity contribution is 1.63. The molecule has 133 heavy (non-hydrogen) atoms. The maximum absolute atomic E-state index is 9.46. The summed E-state index contributed by atoms with van der Waals surface area (Å²) in [4.78, 5) is 0. The summed E-state index contributed by atoms with van der Waals surface area (Å²) < 4.78 is 225. The second kappa shape index (κ2) is 32.4. The quantitative estimate of drug-likeness (QED) is 0.0998. The van der Waals surface area contributed by atoms with Gasteiger partial charge in [0.2, 0.25) is 0 Å². The summed E-state index contributed by atoms with van der Waals surface area (Å²) in [6.45, 7) is 0. The predicted molar refractivity (Wildman–Crippen MR) is 582 cm³/mol. The topological polar surface area (TPSA) is 0 Å². The highest BCUT2D eigenvalue weighted by Crippen LogP contribution is 2.54. The molecule has 0 amide bonds. The van der Waals surface area contributed by atoms with E-state index in [2.05, 4.69) is 36.4 Å². The van der Waals surface area contributed by atoms with Gasteiger partial charge in [-0.25, -0.2) is 0 Å². The monoisotopic (exact) mass is 1760 g/mol. The summed E-state index contributed by atoms with van der Waals surface area (Å²) in [5.41, 5.74) is 11.5. The first-order valence-electron chi connectivity index (χ1n) is 55.8. The van der Waals surface area contributed by atoms with Crippen LogP contribution in [0.3, 0.4) is 0 Å². The lowest BCUT2D eigenvalue weighted by atomic mass is 9.83. The Balaban J connectivity index is 0.000000117. The Morgan fingerprint density at radius 1 is 0.135 bits per heavy atom. The van der Waals surface area contributed by atoms with Crippen LogP contribution in [0.2, 0.25) is 0 Å². The van der Waals surface area contributed by atoms with Crippen LogP contribution in [0.5, 0.6) is 0 Å². The third-order valence-corrected chi connectivity index (χ3v) is 29.6. The van der Waals surface area contributed by atoms with Crippen LogP contribution in [0.15, 0.2) is 485 Å². The minimum Gasteiger partial charge on any atom is -0.135 e. The highest BCUT2D eigenvalue weighted by Gasteiger charge is 2.26. The van der Waals surface area contributed by atoms with Crippen molar-refractivity contribution < 1.29 is 32.9 Å². The van der Waals surface area contributed by atoms with Gasteiger partial charge in [-0.2, -0.15) is 0 Å². The normalized spacial score (nSPS) is 14.3. The van der Waals surface area contributed by atoms with E-state index in [0.29, 0.717) is 66.8 Å². The number of hydrogen-bond acceptors (Lipinski definition) is 3. The fourth-order valence-corrected chi connectivity index (χ4v) is 23.9. The van der Waals surface area contributed by atoms with Crippen LogP contribution >= 0.6 is 34.0 Å². The van der Waals surface area contributed by atoms with E-state index in [1.807, 2.05) is 303 Å². The Labute approximate surface area is 815 Å². The summed E-state index contributed by atoms with van der Waals surface area (Å²) in [5.74, 6) is 0. The van der Waals surface area contributed by atoms with E-state index >= 15 is 0 Å². The lowest BCUT2D eigenvalue weighted by Crippen LogP contribution is -1.92. The molecule has 0 saturated heterocycles. The smallest absolute Gasteiger partial charge is 0.0629 e. The molecule has 0 nitrogen and oxygen atoms in total. The molecule has 3 heterocycles. The Bertz CT molecular complexity index is 11000. The standard InChI is InChI=1S/C46H28S.2C42H26S/c1-2-16-32-30(13-1)28-42(34-18-4-3-17-33(32)34)29-14-11-15-31(27-29)44-36-20-5-7-22-38(36)45(39-23-8-6-21-37(39)44)41-25-12-24-40-35-19-9-10-26-43(35)47-46(40)41;1-2-16-30-27(12-1)13-10-22-31(30)28-14-9-15-29(26-28)40-33-18-3-5-20-35(33)41(36-21-6-4-19-34(36)40)38-24-11-23-37-32-17-7-8-25-39(32)43-42(37)38;1-2-13-27(14-3-1)28-25-26-36(30-16-5-4-15-29(28)30)40-32-18-6-8-20-34(32)41(35-21-9-7-19-33(35)40)38-23-12-22-37-31-17-10-11-24-39(31)43-42(37)38/h1-28H;2*1-26H/i5D,6D,7D,8D,20D,21D,22D,23D;3D,4D,5D,6D,18D,19D,20D,21D;6D,7D,8D,9D,18D,19D,20D,21D. The van der Waals surface area contributed by atoms with E-state index in [1.165, 1.54) is 0 Å². The van der Waals surface area contributed by atoms with Gasteiger partial charge in [-0.05, 0) is 228 Å². The van der Waals surface area contributed by atoms with Gasteiger partial charge in [0.25, 0.3) is 0 Å². The molecule has 0 aliphatic carbocycles. The van der Waals surface area contributed by atoms with E-state index in [9.17, 15) is 16.4 Å². The molecule has 618 valence electrons. The van der Waals surface area contributed by atoms with E-state index < -0.39 is 72.5 Å². The van der Waals surface area contributed by atoms with Crippen LogP contribution in [0, 0.1) is 0 Å². The Morgan fingerprint density at radius 2 is 0.391 bits per heavy atom. The molecule has 3 aromatic heterocycles. The molecule has 0 aliphatic heterocycles. The van der Waals surface area contributed by atoms with Gasteiger partial charge < -0.3 is 0 Å². The maximum atomic E-state index is 9.46. The third-order valence-electron chi connectivity index (χ3n) is 25.9. The van der Waals surface area contributed by atoms with Crippen molar-refractivity contribution in [3.63, 3.8) is 0 Å². The zero-order chi connectivity index (χ0) is 108. The van der Waals surface area contributed by atoms with Crippen molar-refractivity contribution in [3.8, 4) is 100 Å². The van der Waals surface area contributed by atoms with Crippen LogP contribution in [-0.2, 0) is 0 Å². The fourth-order valence-electron chi connectivity index (χ4n) is 20.2. The minimum atomic E-state index is -0.415. The molecule has 0 unspecified atom stereocenters. The highest BCUT2D eigenvalue weighted by molar-refractivity contribution is 7.27. The van der Waals surface area contributed by atoms with Gasteiger partial charge in [0, 0.05) is 77.2 Å². The molecule has 0 bridgehead atoms. The minimum absolute atomic E-state index is 0.206. The van der Waals surface area contributed by atoms with Crippen LogP contribution in [-0.4, -0.2) is 0 Å². The van der Waals surface area contributed by atoms with Gasteiger partial charge in [0.1, 0.15) is 0 Å². The van der Waals surface area contributed by atoms with Crippen molar-refractivity contribution in [2.75, 3.05) is 0 Å². The first kappa shape index (κ1) is 56.9. The van der Waals surface area contributed by atoms with Crippen molar-refractivity contribution in [2.45, 2.75) is 0 Å². The van der Waals surface area contributed by atoms with Gasteiger partial charge in [-0.15, -0.1) is 34.0 Å². The largest absolute Gasteiger partial charge is 0.135 e. The SMILES string of the molecule is [2H]c1c([2H])c([2H])c2c(-c3cccc4c3sc3ccccc34)c3c([2H])c([2H])c([2H])c([2H])c3c(-c3ccc(-c4ccccc4)c4ccccc34)c2c1[2H].[2H]c1c([2H])c([2H])c2c(-c3cccc4c3sc3ccccc34)c3c([2H])c([2H])c([2H])c([2H])c3c(-c3cccc(-c4cc5ccccc5c5ccccc45)c3)c2c1[2H].[2H]c1c([2H])c([2H])c2c(-c3cccc4c3sc3ccccc34)c3c([2H])c([2H])c([2H])c([2H])c3c(-c3cccc(-c4cccc5ccccc45)c3)c2c1[2H]. The van der Waals surface area contributed by atoms with Gasteiger partial charge in [-0.1, -0.05) is 448 Å². The molecular formula is C130H80S3. The molecule has 0 atom stereocenters. The zero-order valence-corrected chi connectivity index (χ0v) is 73.0. The number of rotatable bonds is 9. The summed E-state index contributed by atoms with van der Waals surface area (Å²) in [6.07, 6.45) is 0. The van der Waals surface area contributed by atoms with Crippen molar-refractivity contribution in [2.24, 2.45) is 0 Å². The van der Waals surface area contributed by atoms with Crippen molar-refractivity contribution in [1.29, 1.82) is 0 Å². The van der Waals surface area contributed by atoms with Crippen molar-refractivity contribution >= 4 is 202 Å². The number of fused-ring (bicyclic) bond motifs is 20. The molecule has 0 spiro atoms. The molecule has 0 N–H and O–H groups in total. The third kappa shape index (κ3) is 13.0. The number of benzene rings is 25. The zero-order valence-electron chi connectivity index (χ0n) is 94.6. The number of hydrogen-bond donors (Lipinski definition) is 0. The van der Waals surface area contributed by atoms with Gasteiger partial charge in [0.05, 0.1) is 32.9 Å².